The Balaban J connectivity index is 4.41. The van der Waals surface area contributed by atoms with E-state index >= 15 is 0 Å². The van der Waals surface area contributed by atoms with E-state index in [0.717, 1.165) is 70.6 Å². The summed E-state index contributed by atoms with van der Waals surface area (Å²) in [6.07, 6.45) is 29.4. The number of carbonyl (C=O) groups excluding carboxylic acids is 1. The molecule has 43 heavy (non-hydrogen) atoms. The zero-order chi connectivity index (χ0) is 32.2. The molecule has 9 heteroatoms. The number of hydrogen-bond donors (Lipinski definition) is 2. The highest BCUT2D eigenvalue weighted by Gasteiger charge is 2.23. The van der Waals surface area contributed by atoms with Crippen LogP contribution >= 0.6 is 7.82 Å². The summed E-state index contributed by atoms with van der Waals surface area (Å²) in [7, 11) is 1.24. The minimum atomic E-state index is -4.57. The number of phosphoric acid groups is 1. The van der Waals surface area contributed by atoms with Crippen LogP contribution in [0.5, 0.6) is 0 Å². The van der Waals surface area contributed by atoms with E-state index in [9.17, 15) is 19.4 Å². The predicted molar refractivity (Wildman–Crippen MR) is 178 cm³/mol. The number of allylic oxidation sites excluding steroid dienone is 5. The average Bonchev–Trinajstić information content (AvgIpc) is 2.94. The second kappa shape index (κ2) is 27.1. The van der Waals surface area contributed by atoms with E-state index < -0.39 is 20.0 Å². The summed E-state index contributed by atoms with van der Waals surface area (Å²) in [6.45, 7) is 4.46. The van der Waals surface area contributed by atoms with Crippen LogP contribution in [0, 0.1) is 0 Å². The van der Waals surface area contributed by atoms with Crippen LogP contribution in [0.4, 0.5) is 0 Å². The summed E-state index contributed by atoms with van der Waals surface area (Å²) in [5.41, 5.74) is 0. The third kappa shape index (κ3) is 29.2. The molecule has 0 rings (SSSR count). The molecule has 1 amide bonds. The second-order valence-electron chi connectivity index (χ2n) is 12.5. The van der Waals surface area contributed by atoms with Gasteiger partial charge in [0.15, 0.2) is 0 Å². The van der Waals surface area contributed by atoms with E-state index in [0.29, 0.717) is 17.4 Å². The number of carbonyl (C=O) groups is 1. The molecule has 0 heterocycles. The number of nitrogens with zero attached hydrogens (tertiary/aromatic N) is 1. The summed E-state index contributed by atoms with van der Waals surface area (Å²) in [4.78, 5) is 24.9. The number of aliphatic hydroxyl groups excluding tert-OH is 1. The van der Waals surface area contributed by atoms with E-state index in [4.69, 9.17) is 9.05 Å². The number of nitrogens with one attached hydrogen (secondary N) is 1. The minimum absolute atomic E-state index is 0.00588. The largest absolute Gasteiger partial charge is 0.756 e. The predicted octanol–water partition coefficient (Wildman–Crippen LogP) is 7.38. The van der Waals surface area contributed by atoms with Gasteiger partial charge in [0.25, 0.3) is 7.82 Å². The Labute approximate surface area is 264 Å². The van der Waals surface area contributed by atoms with Gasteiger partial charge >= 0.3 is 0 Å². The van der Waals surface area contributed by atoms with E-state index in [1.54, 1.807) is 6.08 Å². The van der Waals surface area contributed by atoms with Crippen LogP contribution in [0.3, 0.4) is 0 Å². The minimum Gasteiger partial charge on any atom is -0.756 e. The van der Waals surface area contributed by atoms with Crippen molar-refractivity contribution in [2.75, 3.05) is 40.9 Å². The van der Waals surface area contributed by atoms with Gasteiger partial charge in [0.05, 0.1) is 39.9 Å². The lowest BCUT2D eigenvalue weighted by Crippen LogP contribution is -2.45. The Morgan fingerprint density at radius 1 is 0.814 bits per heavy atom. The smallest absolute Gasteiger partial charge is 0.268 e. The van der Waals surface area contributed by atoms with Gasteiger partial charge in [0.1, 0.15) is 13.2 Å². The van der Waals surface area contributed by atoms with Gasteiger partial charge in [-0.15, -0.1) is 0 Å². The molecular weight excluding hydrogens is 563 g/mol. The average molecular weight is 629 g/mol. The van der Waals surface area contributed by atoms with Gasteiger partial charge in [-0.05, 0) is 51.4 Å². The molecule has 0 fully saturated rings. The number of amides is 1. The molecule has 0 spiro atoms. The maximum absolute atomic E-state index is 12.6. The lowest BCUT2D eigenvalue weighted by molar-refractivity contribution is -0.870. The van der Waals surface area contributed by atoms with Gasteiger partial charge in [-0.2, -0.15) is 0 Å². The second-order valence-corrected chi connectivity index (χ2v) is 13.9. The summed E-state index contributed by atoms with van der Waals surface area (Å²) >= 11 is 0. The zero-order valence-electron chi connectivity index (χ0n) is 28.1. The van der Waals surface area contributed by atoms with Crippen LogP contribution in [0.25, 0.3) is 0 Å². The van der Waals surface area contributed by atoms with Crippen LogP contribution in [0.2, 0.25) is 0 Å². The lowest BCUT2D eigenvalue weighted by atomic mass is 10.1. The molecule has 0 aliphatic carbocycles. The molecule has 2 N–H and O–H groups in total. The third-order valence-electron chi connectivity index (χ3n) is 7.09. The molecule has 0 saturated carbocycles. The van der Waals surface area contributed by atoms with Gasteiger partial charge in [-0.1, -0.05) is 102 Å². The normalized spacial score (nSPS) is 15.4. The van der Waals surface area contributed by atoms with E-state index in [1.807, 2.05) is 27.2 Å². The van der Waals surface area contributed by atoms with Crippen molar-refractivity contribution in [3.05, 3.63) is 36.5 Å². The van der Waals surface area contributed by atoms with Crippen LogP contribution < -0.4 is 10.2 Å². The topological polar surface area (TPSA) is 108 Å². The van der Waals surface area contributed by atoms with E-state index in [1.165, 1.54) is 32.1 Å². The monoisotopic (exact) mass is 628 g/mol. The highest BCUT2D eigenvalue weighted by molar-refractivity contribution is 7.45. The number of rotatable bonds is 29. The molecule has 3 unspecified atom stereocenters. The van der Waals surface area contributed by atoms with Crippen molar-refractivity contribution in [3.8, 4) is 0 Å². The summed E-state index contributed by atoms with van der Waals surface area (Å²) in [5.74, 6) is -0.222. The SMILES string of the molecule is CCCCC/C=C/C(O)C(COP(=O)([O-])OCC[N+](C)(C)C)NC(=O)CCCCCCC/C=C\C/C=C\CCCCCC. The lowest BCUT2D eigenvalue weighted by Gasteiger charge is -2.29. The van der Waals surface area contributed by atoms with E-state index in [-0.39, 0.29) is 19.1 Å². The molecule has 0 aliphatic rings. The molecule has 0 saturated heterocycles. The fraction of sp³-hybridized carbons (Fsp3) is 0.794. The summed E-state index contributed by atoms with van der Waals surface area (Å²) in [5, 5.41) is 13.5. The highest BCUT2D eigenvalue weighted by atomic mass is 31.2. The zero-order valence-corrected chi connectivity index (χ0v) is 29.0. The molecule has 0 aromatic rings. The van der Waals surface area contributed by atoms with Gasteiger partial charge in [0, 0.05) is 6.42 Å². The Bertz CT molecular complexity index is 809. The van der Waals surface area contributed by atoms with Crippen molar-refractivity contribution in [3.63, 3.8) is 0 Å². The van der Waals surface area contributed by atoms with Crippen LogP contribution in [0.15, 0.2) is 36.5 Å². The first-order valence-electron chi connectivity index (χ1n) is 16.9. The number of unbranched alkanes of at least 4 members (excludes halogenated alkanes) is 12. The number of phosphoric ester groups is 1. The van der Waals surface area contributed by atoms with Gasteiger partial charge in [-0.25, -0.2) is 0 Å². The maximum atomic E-state index is 12.6. The molecule has 252 valence electrons. The van der Waals surface area contributed by atoms with Gasteiger partial charge in [-0.3, -0.25) is 9.36 Å². The molecule has 0 aromatic heterocycles. The third-order valence-corrected chi connectivity index (χ3v) is 8.06. The number of quaternary nitrogens is 1. The van der Waals surface area contributed by atoms with Gasteiger partial charge in [0.2, 0.25) is 5.91 Å². The van der Waals surface area contributed by atoms with Crippen LogP contribution in [0.1, 0.15) is 123 Å². The maximum Gasteiger partial charge on any atom is 0.268 e. The highest BCUT2D eigenvalue weighted by Crippen LogP contribution is 2.38. The first kappa shape index (κ1) is 41.7. The van der Waals surface area contributed by atoms with Crippen LogP contribution in [-0.2, 0) is 18.4 Å². The standard InChI is InChI=1S/C34H65N2O6P/c1-6-8-10-12-13-14-15-16-17-18-19-20-21-22-24-26-28-34(38)35-32(33(37)27-25-23-11-9-7-2)31-42-43(39,40)41-30-29-36(3,4)5/h14-15,17-18,25,27,32-33,37H,6-13,16,19-24,26,28-31H2,1-5H3,(H-,35,38,39,40)/b15-14-,18-17-,27-25+. The Morgan fingerprint density at radius 3 is 1.98 bits per heavy atom. The Morgan fingerprint density at radius 2 is 1.35 bits per heavy atom. The Hall–Kier alpha value is -1.28. The summed E-state index contributed by atoms with van der Waals surface area (Å²) in [6, 6.07) is -0.887. The first-order valence-corrected chi connectivity index (χ1v) is 18.3. The number of aliphatic hydroxyl groups is 1. The number of hydrogen-bond acceptors (Lipinski definition) is 6. The molecule has 0 bridgehead atoms. The van der Waals surface area contributed by atoms with E-state index in [2.05, 4.69) is 43.5 Å². The molecule has 8 nitrogen and oxygen atoms in total. The van der Waals surface area contributed by atoms with Gasteiger partial charge < -0.3 is 28.8 Å². The van der Waals surface area contributed by atoms with Crippen molar-refractivity contribution >= 4 is 13.7 Å². The molecule has 3 atom stereocenters. The van der Waals surface area contributed by atoms with Crippen molar-refractivity contribution in [2.45, 2.75) is 135 Å². The van der Waals surface area contributed by atoms with Crippen molar-refractivity contribution in [1.82, 2.24) is 5.32 Å². The molecule has 0 radical (unpaired) electrons. The fourth-order valence-corrected chi connectivity index (χ4v) is 5.02. The quantitative estimate of drug-likeness (QED) is 0.0387. The molecule has 0 aliphatic heterocycles. The first-order chi connectivity index (χ1) is 20.5. The summed E-state index contributed by atoms with van der Waals surface area (Å²) < 4.78 is 22.8. The fourth-order valence-electron chi connectivity index (χ4n) is 4.30. The van der Waals surface area contributed by atoms with Crippen molar-refractivity contribution in [2.24, 2.45) is 0 Å². The Kier molecular flexibility index (Phi) is 26.3. The van der Waals surface area contributed by atoms with Crippen LogP contribution in [-0.4, -0.2) is 68.5 Å². The van der Waals surface area contributed by atoms with Crippen molar-refractivity contribution in [1.29, 1.82) is 0 Å². The van der Waals surface area contributed by atoms with Crippen molar-refractivity contribution < 1.29 is 32.9 Å². The molecule has 0 aromatic carbocycles. The number of likely N-dealkylation sites (N-methyl/N-ethyl adjacent to an activating group) is 1. The molecular formula is C34H65N2O6P.